The topological polar surface area (TPSA) is 107 Å². The Labute approximate surface area is 437 Å². The molecule has 1 aliphatic heterocycles. The minimum atomic E-state index is -0.918. The molecule has 0 radical (unpaired) electrons. The first-order chi connectivity index (χ1) is 35.0. The van der Waals surface area contributed by atoms with Crippen molar-refractivity contribution < 1.29 is 43.1 Å². The Kier molecular flexibility index (Phi) is 49.1. The molecule has 0 unspecified atom stereocenters. The molecule has 71 heavy (non-hydrogen) atoms. The predicted molar refractivity (Wildman–Crippen MR) is 295 cm³/mol. The van der Waals surface area contributed by atoms with E-state index in [0.29, 0.717) is 12.8 Å². The van der Waals surface area contributed by atoms with Crippen molar-refractivity contribution in [2.45, 2.75) is 322 Å². The standard InChI is InChI=1S/C62H112O9/c1-5-9-12-15-18-21-24-27-30-33-36-39-42-45-48-51-58(63)66-55-57(71-68-8-4)61-62(70-60(65)53-50-47-44-41-38-35-32-29-26-23-20-17-14-11-7-3)56(54-67-61)69-59(64)52-49-46-43-40-37-34-31-28-25-22-19-16-13-10-6-2/h27-32,56-57,61-62H,5-26,33-55H2,1-4H3/t56-,57+,61+,62+/m0/s1. The molecule has 0 amide bonds. The zero-order valence-corrected chi connectivity index (χ0v) is 46.8. The fourth-order valence-corrected chi connectivity index (χ4v) is 9.21. The summed E-state index contributed by atoms with van der Waals surface area (Å²) in [7, 11) is 0. The third kappa shape index (κ3) is 42.6. The largest absolute Gasteiger partial charge is 0.463 e. The average Bonchev–Trinajstić information content (AvgIpc) is 3.75. The molecule has 0 bridgehead atoms. The summed E-state index contributed by atoms with van der Waals surface area (Å²) in [6.07, 6.45) is 57.6. The van der Waals surface area contributed by atoms with Gasteiger partial charge in [0.25, 0.3) is 0 Å². The number of rotatable bonds is 53. The number of carbonyl (C=O) groups excluding carboxylic acids is 3. The Hall–Kier alpha value is -2.49. The van der Waals surface area contributed by atoms with Crippen LogP contribution in [0, 0.1) is 0 Å². The third-order valence-corrected chi connectivity index (χ3v) is 13.7. The quantitative estimate of drug-likeness (QED) is 0.0147. The van der Waals surface area contributed by atoms with Crippen LogP contribution < -0.4 is 0 Å². The lowest BCUT2D eigenvalue weighted by Crippen LogP contribution is -2.46. The lowest BCUT2D eigenvalue weighted by Gasteiger charge is -2.28. The zero-order chi connectivity index (χ0) is 51.3. The van der Waals surface area contributed by atoms with Crippen molar-refractivity contribution in [3.63, 3.8) is 0 Å². The van der Waals surface area contributed by atoms with Crippen molar-refractivity contribution in [3.8, 4) is 0 Å². The number of hydrogen-bond acceptors (Lipinski definition) is 9. The maximum atomic E-state index is 13.4. The number of ether oxygens (including phenoxy) is 4. The van der Waals surface area contributed by atoms with E-state index >= 15 is 0 Å². The van der Waals surface area contributed by atoms with Gasteiger partial charge in [-0.1, -0.05) is 211 Å². The van der Waals surface area contributed by atoms with Crippen molar-refractivity contribution in [1.82, 2.24) is 0 Å². The SMILES string of the molecule is CCCCCCCCC=CCCCCCCCC(=O)OC[C@@H](OOCC)[C@H]1OC[C@H](OC(=O)CCCCCCCC=CCCCCCCCC)[C@H]1OC(=O)CCCCCCCC=CCCCCCCCC. The molecular formula is C62H112O9. The van der Waals surface area contributed by atoms with Crippen molar-refractivity contribution in [2.75, 3.05) is 19.8 Å². The fourth-order valence-electron chi connectivity index (χ4n) is 9.21. The Bertz CT molecular complexity index is 1280. The summed E-state index contributed by atoms with van der Waals surface area (Å²) in [6, 6.07) is 0. The molecule has 0 N–H and O–H groups in total. The molecule has 1 heterocycles. The van der Waals surface area contributed by atoms with E-state index in [-0.39, 0.29) is 44.1 Å². The molecular weight excluding hydrogens is 889 g/mol. The highest BCUT2D eigenvalue weighted by Crippen LogP contribution is 2.27. The molecule has 1 fully saturated rings. The van der Waals surface area contributed by atoms with Gasteiger partial charge in [0.05, 0.1) is 13.2 Å². The molecule has 0 aromatic rings. The van der Waals surface area contributed by atoms with Crippen LogP contribution in [-0.4, -0.2) is 62.1 Å². The fraction of sp³-hybridized carbons (Fsp3) is 0.855. The molecule has 414 valence electrons. The monoisotopic (exact) mass is 1000 g/mol. The summed E-state index contributed by atoms with van der Waals surface area (Å²) in [5, 5.41) is 0. The molecule has 0 aliphatic carbocycles. The first-order valence-corrected chi connectivity index (χ1v) is 30.4. The molecule has 0 saturated carbocycles. The summed E-state index contributed by atoms with van der Waals surface area (Å²) in [4.78, 5) is 50.5. The maximum Gasteiger partial charge on any atom is 0.306 e. The van der Waals surface area contributed by atoms with Gasteiger partial charge in [-0.3, -0.25) is 14.4 Å². The van der Waals surface area contributed by atoms with Crippen LogP contribution in [0.1, 0.15) is 297 Å². The van der Waals surface area contributed by atoms with Gasteiger partial charge in [0.1, 0.15) is 12.7 Å². The molecule has 9 nitrogen and oxygen atoms in total. The van der Waals surface area contributed by atoms with Crippen LogP contribution in [0.2, 0.25) is 0 Å². The molecule has 1 rings (SSSR count). The van der Waals surface area contributed by atoms with E-state index in [1.165, 1.54) is 148 Å². The summed E-state index contributed by atoms with van der Waals surface area (Å²) in [5.41, 5.74) is 0. The first kappa shape index (κ1) is 66.5. The summed E-state index contributed by atoms with van der Waals surface area (Å²) >= 11 is 0. The Balaban J connectivity index is 2.59. The molecule has 0 spiro atoms. The van der Waals surface area contributed by atoms with Crippen LogP contribution in [0.4, 0.5) is 0 Å². The van der Waals surface area contributed by atoms with Gasteiger partial charge in [-0.25, -0.2) is 9.78 Å². The second-order valence-corrected chi connectivity index (χ2v) is 20.5. The molecule has 1 saturated heterocycles. The van der Waals surface area contributed by atoms with E-state index in [1.807, 2.05) is 0 Å². The van der Waals surface area contributed by atoms with E-state index in [1.54, 1.807) is 6.92 Å². The Morgan fingerprint density at radius 1 is 0.423 bits per heavy atom. The highest BCUT2D eigenvalue weighted by molar-refractivity contribution is 5.71. The Morgan fingerprint density at radius 3 is 1.11 bits per heavy atom. The zero-order valence-electron chi connectivity index (χ0n) is 46.8. The average molecular weight is 1000 g/mol. The van der Waals surface area contributed by atoms with Crippen molar-refractivity contribution in [3.05, 3.63) is 36.5 Å². The van der Waals surface area contributed by atoms with E-state index in [2.05, 4.69) is 57.2 Å². The van der Waals surface area contributed by atoms with Gasteiger partial charge in [-0.2, -0.15) is 0 Å². The van der Waals surface area contributed by atoms with Gasteiger partial charge >= 0.3 is 17.9 Å². The van der Waals surface area contributed by atoms with Crippen LogP contribution in [-0.2, 0) is 43.1 Å². The third-order valence-electron chi connectivity index (χ3n) is 13.7. The van der Waals surface area contributed by atoms with E-state index in [0.717, 1.165) is 103 Å². The summed E-state index contributed by atoms with van der Waals surface area (Å²) in [6.45, 7) is 8.76. The highest BCUT2D eigenvalue weighted by atomic mass is 17.2. The van der Waals surface area contributed by atoms with Gasteiger partial charge in [-0.05, 0) is 103 Å². The number of allylic oxidation sites excluding steroid dienone is 6. The molecule has 0 aromatic heterocycles. The molecule has 0 aromatic carbocycles. The number of carbonyl (C=O) groups is 3. The van der Waals surface area contributed by atoms with Gasteiger partial charge in [-0.15, -0.1) is 0 Å². The predicted octanol–water partition coefficient (Wildman–Crippen LogP) is 18.2. The Morgan fingerprint density at radius 2 is 0.746 bits per heavy atom. The summed E-state index contributed by atoms with van der Waals surface area (Å²) < 4.78 is 23.9. The van der Waals surface area contributed by atoms with Crippen LogP contribution in [0.25, 0.3) is 0 Å². The number of unbranched alkanes of at least 4 members (excludes halogenated alkanes) is 33. The van der Waals surface area contributed by atoms with Crippen LogP contribution in [0.5, 0.6) is 0 Å². The number of hydrogen-bond donors (Lipinski definition) is 0. The normalized spacial score (nSPS) is 16.5. The second kappa shape index (κ2) is 52.4. The minimum Gasteiger partial charge on any atom is -0.463 e. The van der Waals surface area contributed by atoms with Crippen LogP contribution in [0.15, 0.2) is 36.5 Å². The van der Waals surface area contributed by atoms with Crippen LogP contribution in [0.3, 0.4) is 0 Å². The lowest BCUT2D eigenvalue weighted by molar-refractivity contribution is -0.344. The van der Waals surface area contributed by atoms with Gasteiger partial charge in [0, 0.05) is 19.3 Å². The van der Waals surface area contributed by atoms with Crippen molar-refractivity contribution in [2.24, 2.45) is 0 Å². The first-order valence-electron chi connectivity index (χ1n) is 30.4. The molecule has 1 aliphatic rings. The van der Waals surface area contributed by atoms with E-state index in [4.69, 9.17) is 28.7 Å². The minimum absolute atomic E-state index is 0.0446. The van der Waals surface area contributed by atoms with E-state index < -0.39 is 24.4 Å². The van der Waals surface area contributed by atoms with Gasteiger partial charge < -0.3 is 18.9 Å². The molecule has 4 atom stereocenters. The maximum absolute atomic E-state index is 13.4. The number of esters is 3. The van der Waals surface area contributed by atoms with Crippen molar-refractivity contribution >= 4 is 17.9 Å². The lowest BCUT2D eigenvalue weighted by atomic mass is 10.1. The van der Waals surface area contributed by atoms with Crippen LogP contribution >= 0.6 is 0 Å². The van der Waals surface area contributed by atoms with Gasteiger partial charge in [0.15, 0.2) is 18.3 Å². The summed E-state index contributed by atoms with van der Waals surface area (Å²) in [5.74, 6) is -1.01. The highest BCUT2D eigenvalue weighted by Gasteiger charge is 2.48. The van der Waals surface area contributed by atoms with Crippen molar-refractivity contribution in [1.29, 1.82) is 0 Å². The second-order valence-electron chi connectivity index (χ2n) is 20.5. The molecule has 9 heteroatoms. The van der Waals surface area contributed by atoms with Gasteiger partial charge in [0.2, 0.25) is 0 Å². The van der Waals surface area contributed by atoms with E-state index in [9.17, 15) is 14.4 Å². The smallest absolute Gasteiger partial charge is 0.306 e.